The molecule has 0 heterocycles. The van der Waals surface area contributed by atoms with Crippen molar-refractivity contribution in [3.8, 4) is 11.5 Å². The second kappa shape index (κ2) is 24.7. The normalized spacial score (nSPS) is 10.9. The predicted octanol–water partition coefficient (Wildman–Crippen LogP) is 11.9. The molecule has 0 aliphatic carbocycles. The van der Waals surface area contributed by atoms with E-state index in [0.717, 1.165) is 68.7 Å². The maximum absolute atomic E-state index is 12.1. The van der Waals surface area contributed by atoms with Crippen LogP contribution in [0.1, 0.15) is 66.8 Å². The van der Waals surface area contributed by atoms with Gasteiger partial charge in [-0.15, -0.1) is 13.2 Å². The van der Waals surface area contributed by atoms with Gasteiger partial charge in [0, 0.05) is 12.4 Å². The van der Waals surface area contributed by atoms with E-state index >= 15 is 0 Å². The van der Waals surface area contributed by atoms with Crippen LogP contribution in [-0.4, -0.2) is 12.4 Å². The zero-order valence-corrected chi connectivity index (χ0v) is 40.7. The first-order chi connectivity index (χ1) is 30.3. The van der Waals surface area contributed by atoms with Gasteiger partial charge in [0.25, 0.3) is 0 Å². The summed E-state index contributed by atoms with van der Waals surface area (Å²) in [4.78, 5) is 9.14. The summed E-state index contributed by atoms with van der Waals surface area (Å²) in [7, 11) is -1.31. The molecule has 64 heavy (non-hydrogen) atoms. The monoisotopic (exact) mass is 906 g/mol. The summed E-state index contributed by atoms with van der Waals surface area (Å²) in [6, 6.07) is 48.7. The Balaban J connectivity index is 0.000000209. The molecule has 0 amide bonds. The molecule has 0 atom stereocenters. The summed E-state index contributed by atoms with van der Waals surface area (Å²) in [6.45, 7) is 23.4. The van der Waals surface area contributed by atoms with E-state index in [1.54, 1.807) is 12.4 Å². The molecule has 7 aromatic rings. The average molecular weight is 908 g/mol. The summed E-state index contributed by atoms with van der Waals surface area (Å²) in [6.07, 6.45) is 8.88. The first kappa shape index (κ1) is 50.5. The molecular weight excluding hydrogens is 846 g/mol. The molecule has 0 saturated heterocycles. The van der Waals surface area contributed by atoms with E-state index in [2.05, 4.69) is 138 Å². The van der Waals surface area contributed by atoms with Gasteiger partial charge in [-0.25, -0.2) is 0 Å². The molecule has 0 N–H and O–H groups in total. The molecule has 0 fully saturated rings. The molecule has 0 aromatic heterocycles. The fraction of sp³-hybridized carbons (Fsp3) is 0.172. The topological polar surface area (TPSA) is 70.8 Å². The summed E-state index contributed by atoms with van der Waals surface area (Å²) in [5.41, 5.74) is 13.8. The minimum atomic E-state index is -1.31. The Morgan fingerprint density at radius 3 is 1.02 bits per heavy atom. The van der Waals surface area contributed by atoms with Gasteiger partial charge in [-0.05, 0) is 113 Å². The van der Waals surface area contributed by atoms with Gasteiger partial charge in [-0.3, -0.25) is 9.98 Å². The van der Waals surface area contributed by atoms with Crippen LogP contribution in [0, 0.1) is 55.4 Å². The molecule has 0 saturated carbocycles. The first-order valence-corrected chi connectivity index (χ1v) is 23.2. The second-order valence-electron chi connectivity index (χ2n) is 16.3. The van der Waals surface area contributed by atoms with Crippen LogP contribution in [-0.2, 0) is 29.3 Å². The number of nitrogens with zero attached hydrogens (tertiary/aromatic N) is 2. The number of hydrogen-bond donors (Lipinski definition) is 0. The van der Waals surface area contributed by atoms with E-state index in [1.807, 2.05) is 91.8 Å². The predicted molar refractivity (Wildman–Crippen MR) is 273 cm³/mol. The van der Waals surface area contributed by atoms with Crippen LogP contribution < -0.4 is 26.1 Å². The molecule has 0 unspecified atom stereocenters. The number of hydrogen-bond acceptors (Lipinski definition) is 4. The van der Waals surface area contributed by atoms with Crippen molar-refractivity contribution in [1.82, 2.24) is 0 Å². The Morgan fingerprint density at radius 1 is 0.438 bits per heavy atom. The molecule has 6 heteroatoms. The van der Waals surface area contributed by atoms with Crippen LogP contribution in [0.25, 0.3) is 0 Å². The van der Waals surface area contributed by atoms with Crippen molar-refractivity contribution in [1.29, 1.82) is 0 Å². The first-order valence-electron chi connectivity index (χ1n) is 21.5. The van der Waals surface area contributed by atoms with Gasteiger partial charge in [0.1, 0.15) is 0 Å². The van der Waals surface area contributed by atoms with E-state index in [4.69, 9.17) is 0 Å². The minimum absolute atomic E-state index is 0. The van der Waals surface area contributed by atoms with Crippen molar-refractivity contribution in [3.63, 3.8) is 0 Å². The van der Waals surface area contributed by atoms with Gasteiger partial charge in [-0.2, -0.15) is 0 Å². The van der Waals surface area contributed by atoms with Gasteiger partial charge in [-0.1, -0.05) is 94.4 Å². The number of allylic oxidation sites excluding steroid dienone is 2. The number of aryl methyl sites for hydroxylation is 8. The van der Waals surface area contributed by atoms with Crippen LogP contribution in [0.5, 0.6) is 11.5 Å². The average Bonchev–Trinajstić information content (AvgIpc) is 3.25. The van der Waals surface area contributed by atoms with E-state index in [0.29, 0.717) is 11.1 Å². The van der Waals surface area contributed by atoms with Crippen LogP contribution in [0.2, 0.25) is 0 Å². The Hall–Kier alpha value is -6.12. The van der Waals surface area contributed by atoms with E-state index < -0.39 is 7.92 Å². The second-order valence-corrected chi connectivity index (χ2v) is 19.2. The molecule has 7 rings (SSSR count). The molecule has 0 bridgehead atoms. The van der Waals surface area contributed by atoms with E-state index in [-0.39, 0.29) is 28.0 Å². The molecular formula is C58H61N2NiO2P. The van der Waals surface area contributed by atoms with Crippen molar-refractivity contribution >= 4 is 47.6 Å². The third-order valence-electron chi connectivity index (χ3n) is 10.8. The Labute approximate surface area is 393 Å². The Kier molecular flexibility index (Phi) is 19.5. The standard InChI is InChI=1S/2C20H23NO.C18H17P.Ni/c2*1-6-7-17-10-14(3)19(15(4)11-17)21-12-18-9-13(2)8-16(5)20(18)22;1-4-10-16(11-5-1)19(17-12-6-2-7-13-17)18-14-8-3-9-15-18;/h2*6,8-12,22H,1,7H2,2-5H3;1-15H,19H2;/q;;;+2/p-2. The van der Waals surface area contributed by atoms with Crippen molar-refractivity contribution in [2.45, 2.75) is 68.2 Å². The number of rotatable bonds is 11. The maximum atomic E-state index is 12.1. The third kappa shape index (κ3) is 13.9. The summed E-state index contributed by atoms with van der Waals surface area (Å²) in [5, 5.41) is 28.7. The van der Waals surface area contributed by atoms with Crippen LogP contribution in [0.4, 0.5) is 11.4 Å². The Morgan fingerprint density at radius 2 is 0.734 bits per heavy atom. The quantitative estimate of drug-likeness (QED) is 0.0561. The van der Waals surface area contributed by atoms with Crippen molar-refractivity contribution < 1.29 is 26.7 Å². The molecule has 0 aliphatic heterocycles. The molecule has 4 nitrogen and oxygen atoms in total. The summed E-state index contributed by atoms with van der Waals surface area (Å²) < 4.78 is 0. The fourth-order valence-electron chi connectivity index (χ4n) is 8.02. The number of benzene rings is 7. The van der Waals surface area contributed by atoms with Crippen LogP contribution in [0.3, 0.4) is 0 Å². The number of aliphatic imine (C=N–C) groups is 2. The van der Waals surface area contributed by atoms with Gasteiger partial charge < -0.3 is 10.2 Å². The van der Waals surface area contributed by atoms with Crippen molar-refractivity contribution in [2.24, 2.45) is 9.98 Å². The van der Waals surface area contributed by atoms with Gasteiger partial charge >= 0.3 is 131 Å². The molecule has 0 spiro atoms. The third-order valence-corrected chi connectivity index (χ3v) is 14.0. The Bertz CT molecular complexity index is 2440. The molecule has 7 aromatic carbocycles. The zero-order chi connectivity index (χ0) is 45.5. The van der Waals surface area contributed by atoms with Gasteiger partial charge in [0.15, 0.2) is 0 Å². The van der Waals surface area contributed by atoms with Crippen LogP contribution >= 0.6 is 7.92 Å². The molecule has 0 aliphatic rings. The van der Waals surface area contributed by atoms with Crippen molar-refractivity contribution in [2.75, 3.05) is 0 Å². The summed E-state index contributed by atoms with van der Waals surface area (Å²) >= 11 is 0. The SMILES string of the molecule is C=CCc1cc(C)c(N=Cc2cc(C)cc(C)c2[O-])c(C)c1.C=CCc1cc(C)c(N=Cc2cc(C)cc(C)c2[O-])c(C)c1.[Ni+2].c1ccc([PH2](c2ccccc2)c2ccccc2)cc1. The van der Waals surface area contributed by atoms with Crippen LogP contribution in [0.15, 0.2) is 175 Å². The molecule has 330 valence electrons. The molecule has 0 radical (unpaired) electrons. The summed E-state index contributed by atoms with van der Waals surface area (Å²) in [5.74, 6) is 0.0980. The zero-order valence-electron chi connectivity index (χ0n) is 38.5. The fourth-order valence-corrected chi connectivity index (χ4v) is 11.0. The van der Waals surface area contributed by atoms with Gasteiger partial charge in [0.05, 0.1) is 11.4 Å². The van der Waals surface area contributed by atoms with E-state index in [1.165, 1.54) is 27.0 Å². The van der Waals surface area contributed by atoms with E-state index in [9.17, 15) is 10.2 Å². The van der Waals surface area contributed by atoms with Gasteiger partial charge in [0.2, 0.25) is 0 Å². The van der Waals surface area contributed by atoms with Crippen molar-refractivity contribution in [3.05, 3.63) is 232 Å².